The second-order valence-electron chi connectivity index (χ2n) is 10.0. The highest BCUT2D eigenvalue weighted by molar-refractivity contribution is 7.12. The Labute approximate surface area is 215 Å². The molecule has 0 aliphatic heterocycles. The molecule has 4 unspecified atom stereocenters. The summed E-state index contributed by atoms with van der Waals surface area (Å²) in [4.78, 5) is 17.2. The lowest BCUT2D eigenvalue weighted by Crippen LogP contribution is -2.42. The van der Waals surface area contributed by atoms with Crippen LogP contribution in [-0.4, -0.2) is 41.7 Å². The number of nitrogens with zero attached hydrogens (tertiary/aromatic N) is 1. The van der Waals surface area contributed by atoms with Crippen LogP contribution in [0.15, 0.2) is 59.3 Å². The third-order valence-electron chi connectivity index (χ3n) is 7.86. The first-order chi connectivity index (χ1) is 17.0. The highest BCUT2D eigenvalue weighted by atomic mass is 32.1. The Bertz CT molecular complexity index is 1060. The zero-order valence-corrected chi connectivity index (χ0v) is 21.8. The molecule has 0 radical (unpaired) electrons. The molecule has 2 aliphatic carbocycles. The second-order valence-corrected chi connectivity index (χ2v) is 11.9. The van der Waals surface area contributed by atoms with Crippen molar-refractivity contribution in [3.8, 4) is 0 Å². The Morgan fingerprint density at radius 3 is 2.40 bits per heavy atom. The van der Waals surface area contributed by atoms with Gasteiger partial charge in [-0.2, -0.15) is 0 Å². The van der Waals surface area contributed by atoms with Crippen LogP contribution in [-0.2, 0) is 21.6 Å². The normalized spacial score (nSPS) is 23.7. The van der Waals surface area contributed by atoms with Crippen LogP contribution in [0.4, 0.5) is 5.69 Å². The number of fused-ring (bicyclic) bond motifs is 2. The molecule has 2 heterocycles. The lowest BCUT2D eigenvalue weighted by atomic mass is 9.94. The van der Waals surface area contributed by atoms with Crippen LogP contribution < -0.4 is 5.73 Å². The van der Waals surface area contributed by atoms with Gasteiger partial charge in [-0.25, -0.2) is 4.79 Å². The molecular formula is C28H34N2O3S2. The van der Waals surface area contributed by atoms with Gasteiger partial charge in [0.25, 0.3) is 0 Å². The van der Waals surface area contributed by atoms with Crippen molar-refractivity contribution in [2.45, 2.75) is 56.3 Å². The molecule has 35 heavy (non-hydrogen) atoms. The number of thiophene rings is 2. The first-order valence-electron chi connectivity index (χ1n) is 12.5. The van der Waals surface area contributed by atoms with Crippen LogP contribution in [0, 0.1) is 11.8 Å². The maximum absolute atomic E-state index is 13.5. The molecule has 2 aliphatic rings. The number of nitrogen functional groups attached to an aromatic ring is 1. The highest BCUT2D eigenvalue weighted by Crippen LogP contribution is 2.49. The van der Waals surface area contributed by atoms with E-state index in [0.717, 1.165) is 50.8 Å². The van der Waals surface area contributed by atoms with Crippen molar-refractivity contribution in [1.29, 1.82) is 0 Å². The number of hydrogen-bond donors (Lipinski definition) is 2. The molecule has 0 amide bonds. The molecule has 1 aromatic carbocycles. The van der Waals surface area contributed by atoms with E-state index in [4.69, 9.17) is 10.5 Å². The highest BCUT2D eigenvalue weighted by Gasteiger charge is 2.54. The standard InChI is InChI=1S/C28H34N2O3S2/c1-30(15-3-2-6-19-9-12-21(29)13-10-19)23-18-20-11-14-22(23)26(20)33-27(31)28(32,24-7-4-16-34-24)25-8-5-17-35-25/h4-5,7-10,12-13,16-17,20,22-23,26,32H,2-3,6,11,14-15,18,29H2,1H3. The summed E-state index contributed by atoms with van der Waals surface area (Å²) in [7, 11) is 2.21. The van der Waals surface area contributed by atoms with E-state index in [0.29, 0.717) is 27.6 Å². The third kappa shape index (κ3) is 4.92. The topological polar surface area (TPSA) is 75.8 Å². The van der Waals surface area contributed by atoms with E-state index in [1.165, 1.54) is 28.2 Å². The zero-order chi connectivity index (χ0) is 24.4. The first kappa shape index (κ1) is 24.5. The van der Waals surface area contributed by atoms with E-state index in [2.05, 4.69) is 24.1 Å². The fourth-order valence-electron chi connectivity index (χ4n) is 5.96. The number of benzene rings is 1. The molecule has 0 saturated heterocycles. The van der Waals surface area contributed by atoms with E-state index in [1.807, 2.05) is 47.2 Å². The van der Waals surface area contributed by atoms with Gasteiger partial charge in [-0.05, 0) is 98.6 Å². The number of hydrogen-bond acceptors (Lipinski definition) is 7. The van der Waals surface area contributed by atoms with Crippen LogP contribution in [0.2, 0.25) is 0 Å². The number of ether oxygens (including phenoxy) is 1. The molecule has 186 valence electrons. The first-order valence-corrected chi connectivity index (χ1v) is 14.3. The van der Waals surface area contributed by atoms with E-state index in [9.17, 15) is 9.90 Å². The van der Waals surface area contributed by atoms with Gasteiger partial charge < -0.3 is 20.5 Å². The second kappa shape index (κ2) is 10.4. The van der Waals surface area contributed by atoms with Gasteiger partial charge in [0, 0.05) is 17.6 Å². The predicted octanol–water partition coefficient (Wildman–Crippen LogP) is 5.29. The average Bonchev–Trinajstić information content (AvgIpc) is 3.68. The molecule has 2 bridgehead atoms. The number of unbranched alkanes of at least 4 members (excludes halogenated alkanes) is 1. The molecule has 5 rings (SSSR count). The van der Waals surface area contributed by atoms with Gasteiger partial charge in [0.05, 0.1) is 9.75 Å². The number of carbonyl (C=O) groups is 1. The molecule has 3 aromatic rings. The molecule has 3 N–H and O–H groups in total. The van der Waals surface area contributed by atoms with Crippen molar-refractivity contribution >= 4 is 34.3 Å². The summed E-state index contributed by atoms with van der Waals surface area (Å²) in [6.07, 6.45) is 6.47. The Balaban J connectivity index is 1.19. The van der Waals surface area contributed by atoms with Gasteiger partial charge >= 0.3 is 5.97 Å². The minimum Gasteiger partial charge on any atom is -0.459 e. The number of aliphatic hydroxyl groups is 1. The Morgan fingerprint density at radius 2 is 1.77 bits per heavy atom. The van der Waals surface area contributed by atoms with Crippen molar-refractivity contribution in [1.82, 2.24) is 4.90 Å². The Hall–Kier alpha value is -2.19. The van der Waals surface area contributed by atoms with Crippen molar-refractivity contribution in [2.24, 2.45) is 11.8 Å². The Morgan fingerprint density at radius 1 is 1.09 bits per heavy atom. The van der Waals surface area contributed by atoms with Crippen molar-refractivity contribution < 1.29 is 14.6 Å². The quantitative estimate of drug-likeness (QED) is 0.220. The van der Waals surface area contributed by atoms with Crippen LogP contribution in [0.25, 0.3) is 0 Å². The van der Waals surface area contributed by atoms with Crippen molar-refractivity contribution in [3.05, 3.63) is 74.6 Å². The smallest absolute Gasteiger partial charge is 0.349 e. The summed E-state index contributed by atoms with van der Waals surface area (Å²) in [6.45, 7) is 1.04. The monoisotopic (exact) mass is 510 g/mol. The Kier molecular flexibility index (Phi) is 7.30. The van der Waals surface area contributed by atoms with E-state index in [-0.39, 0.29) is 6.10 Å². The van der Waals surface area contributed by atoms with E-state index in [1.54, 1.807) is 0 Å². The molecule has 4 atom stereocenters. The average molecular weight is 511 g/mol. The van der Waals surface area contributed by atoms with Crippen molar-refractivity contribution in [2.75, 3.05) is 19.3 Å². The number of carbonyl (C=O) groups excluding carboxylic acids is 1. The molecule has 2 saturated carbocycles. The molecule has 7 heteroatoms. The van der Waals surface area contributed by atoms with Gasteiger partial charge in [0.1, 0.15) is 6.10 Å². The number of anilines is 1. The van der Waals surface area contributed by atoms with Gasteiger partial charge in [-0.3, -0.25) is 0 Å². The molecule has 5 nitrogen and oxygen atoms in total. The SMILES string of the molecule is CN(CCCCc1ccc(N)cc1)C1CC2CCC1C2OC(=O)C(O)(c1cccs1)c1cccs1. The summed E-state index contributed by atoms with van der Waals surface area (Å²) < 4.78 is 6.17. The fourth-order valence-corrected chi connectivity index (χ4v) is 7.68. The lowest BCUT2D eigenvalue weighted by molar-refractivity contribution is -0.170. The molecule has 2 fully saturated rings. The summed E-state index contributed by atoms with van der Waals surface area (Å²) in [5.74, 6) is 0.181. The molecular weight excluding hydrogens is 476 g/mol. The number of esters is 1. The minimum absolute atomic E-state index is 0.115. The minimum atomic E-state index is -1.73. The van der Waals surface area contributed by atoms with E-state index < -0.39 is 11.6 Å². The molecule has 2 aromatic heterocycles. The summed E-state index contributed by atoms with van der Waals surface area (Å²) in [6, 6.07) is 16.0. The third-order valence-corrected chi connectivity index (χ3v) is 9.82. The van der Waals surface area contributed by atoms with E-state index >= 15 is 0 Å². The van der Waals surface area contributed by atoms with Gasteiger partial charge in [-0.1, -0.05) is 24.3 Å². The lowest BCUT2D eigenvalue weighted by Gasteiger charge is -2.32. The molecule has 0 spiro atoms. The number of nitrogens with two attached hydrogens (primary N) is 1. The van der Waals surface area contributed by atoms with Gasteiger partial charge in [0.2, 0.25) is 5.60 Å². The maximum atomic E-state index is 13.5. The summed E-state index contributed by atoms with van der Waals surface area (Å²) in [5, 5.41) is 15.4. The van der Waals surface area contributed by atoms with Crippen LogP contribution in [0.5, 0.6) is 0 Å². The van der Waals surface area contributed by atoms with Crippen LogP contribution in [0.1, 0.15) is 47.4 Å². The maximum Gasteiger partial charge on any atom is 0.349 e. The fraction of sp³-hybridized carbons (Fsp3) is 0.464. The summed E-state index contributed by atoms with van der Waals surface area (Å²) >= 11 is 2.78. The van der Waals surface area contributed by atoms with Gasteiger partial charge in [0.15, 0.2) is 0 Å². The largest absolute Gasteiger partial charge is 0.459 e. The van der Waals surface area contributed by atoms with Crippen molar-refractivity contribution in [3.63, 3.8) is 0 Å². The summed E-state index contributed by atoms with van der Waals surface area (Å²) in [5.41, 5.74) is 6.20. The number of aryl methyl sites for hydroxylation is 1. The predicted molar refractivity (Wildman–Crippen MR) is 143 cm³/mol. The van der Waals surface area contributed by atoms with Crippen LogP contribution >= 0.6 is 22.7 Å². The zero-order valence-electron chi connectivity index (χ0n) is 20.1. The number of rotatable bonds is 10. The van der Waals surface area contributed by atoms with Crippen LogP contribution in [0.3, 0.4) is 0 Å². The van der Waals surface area contributed by atoms with Gasteiger partial charge in [-0.15, -0.1) is 22.7 Å².